The third-order valence-corrected chi connectivity index (χ3v) is 5.63. The summed E-state index contributed by atoms with van der Waals surface area (Å²) in [5.41, 5.74) is 5.84. The molecule has 0 amide bonds. The molecule has 0 aliphatic carbocycles. The maximum Gasteiger partial charge on any atom is 0.241 e. The van der Waals surface area contributed by atoms with Crippen LogP contribution in [0.2, 0.25) is 0 Å². The van der Waals surface area contributed by atoms with Crippen LogP contribution in [0.5, 0.6) is 0 Å². The van der Waals surface area contributed by atoms with Crippen molar-refractivity contribution in [1.82, 2.24) is 9.71 Å². The van der Waals surface area contributed by atoms with Gasteiger partial charge in [-0.3, -0.25) is 4.98 Å². The van der Waals surface area contributed by atoms with Crippen molar-refractivity contribution in [3.05, 3.63) is 36.5 Å². The SMILES string of the molecule is CCC(CC)(CN)NS(=O)(=O)c1cccc2ncccc12.Cl. The van der Waals surface area contributed by atoms with Gasteiger partial charge in [0.1, 0.15) is 0 Å². The number of pyridine rings is 1. The molecule has 0 unspecified atom stereocenters. The number of rotatable bonds is 6. The van der Waals surface area contributed by atoms with Gasteiger partial charge in [0.15, 0.2) is 0 Å². The van der Waals surface area contributed by atoms with Gasteiger partial charge >= 0.3 is 0 Å². The Kier molecular flexibility index (Phi) is 6.31. The van der Waals surface area contributed by atoms with E-state index in [4.69, 9.17) is 5.73 Å². The summed E-state index contributed by atoms with van der Waals surface area (Å²) in [4.78, 5) is 4.44. The van der Waals surface area contributed by atoms with Crippen molar-refractivity contribution >= 4 is 33.3 Å². The molecule has 0 spiro atoms. The average molecular weight is 344 g/mol. The number of hydrogen-bond donors (Lipinski definition) is 2. The molecule has 0 atom stereocenters. The quantitative estimate of drug-likeness (QED) is 0.843. The monoisotopic (exact) mass is 343 g/mol. The van der Waals surface area contributed by atoms with Crippen LogP contribution in [0.25, 0.3) is 10.9 Å². The largest absolute Gasteiger partial charge is 0.329 e. The van der Waals surface area contributed by atoms with Crippen LogP contribution < -0.4 is 10.5 Å². The van der Waals surface area contributed by atoms with Gasteiger partial charge < -0.3 is 5.73 Å². The Morgan fingerprint density at radius 3 is 2.45 bits per heavy atom. The summed E-state index contributed by atoms with van der Waals surface area (Å²) in [5, 5.41) is 0.616. The second-order valence-corrected chi connectivity index (χ2v) is 6.77. The average Bonchev–Trinajstić information content (AvgIpc) is 2.52. The van der Waals surface area contributed by atoms with Crippen molar-refractivity contribution in [2.75, 3.05) is 6.54 Å². The highest BCUT2D eigenvalue weighted by molar-refractivity contribution is 7.89. The van der Waals surface area contributed by atoms with E-state index in [1.54, 1.807) is 36.5 Å². The van der Waals surface area contributed by atoms with Crippen LogP contribution in [0.4, 0.5) is 0 Å². The van der Waals surface area contributed by atoms with E-state index in [0.717, 1.165) is 0 Å². The van der Waals surface area contributed by atoms with Gasteiger partial charge in [-0.15, -0.1) is 12.4 Å². The van der Waals surface area contributed by atoms with E-state index >= 15 is 0 Å². The first-order chi connectivity index (χ1) is 9.98. The third kappa shape index (κ3) is 3.57. The number of nitrogens with two attached hydrogens (primary N) is 1. The van der Waals surface area contributed by atoms with Crippen LogP contribution in [-0.4, -0.2) is 25.5 Å². The van der Waals surface area contributed by atoms with Crippen LogP contribution in [0.1, 0.15) is 26.7 Å². The van der Waals surface area contributed by atoms with E-state index in [9.17, 15) is 8.42 Å². The fraction of sp³-hybridized carbons (Fsp3) is 0.400. The van der Waals surface area contributed by atoms with E-state index in [2.05, 4.69) is 9.71 Å². The standard InChI is InChI=1S/C15H21N3O2S.ClH/c1-3-15(4-2,11-16)18-21(19,20)14-9-5-8-13-12(14)7-6-10-17-13;/h5-10,18H,3-4,11,16H2,1-2H3;1H. The van der Waals surface area contributed by atoms with Gasteiger partial charge in [0.2, 0.25) is 10.0 Å². The summed E-state index contributed by atoms with van der Waals surface area (Å²) in [5.74, 6) is 0. The lowest BCUT2D eigenvalue weighted by molar-refractivity contribution is 0.363. The summed E-state index contributed by atoms with van der Waals surface area (Å²) in [6.45, 7) is 4.13. The molecule has 0 aliphatic heterocycles. The normalized spacial score (nSPS) is 12.1. The first-order valence-corrected chi connectivity index (χ1v) is 8.54. The first kappa shape index (κ1) is 18.8. The minimum Gasteiger partial charge on any atom is -0.329 e. The maximum atomic E-state index is 12.7. The fourth-order valence-electron chi connectivity index (χ4n) is 2.37. The van der Waals surface area contributed by atoms with Gasteiger partial charge in [0.05, 0.1) is 10.4 Å². The zero-order valence-electron chi connectivity index (χ0n) is 12.7. The highest BCUT2D eigenvalue weighted by atomic mass is 35.5. The number of sulfonamides is 1. The van der Waals surface area contributed by atoms with Crippen molar-refractivity contribution in [1.29, 1.82) is 0 Å². The molecule has 0 aliphatic rings. The van der Waals surface area contributed by atoms with E-state index in [-0.39, 0.29) is 23.8 Å². The van der Waals surface area contributed by atoms with Crippen molar-refractivity contribution in [3.63, 3.8) is 0 Å². The number of fused-ring (bicyclic) bond motifs is 1. The Bertz CT molecular complexity index is 717. The zero-order valence-corrected chi connectivity index (χ0v) is 14.4. The second-order valence-electron chi connectivity index (χ2n) is 5.12. The Hall–Kier alpha value is -1.21. The molecule has 122 valence electrons. The minimum atomic E-state index is -3.65. The number of aromatic nitrogens is 1. The molecule has 2 aromatic rings. The first-order valence-electron chi connectivity index (χ1n) is 7.06. The summed E-state index contributed by atoms with van der Waals surface area (Å²) in [6, 6.07) is 8.59. The smallest absolute Gasteiger partial charge is 0.241 e. The van der Waals surface area contributed by atoms with E-state index in [0.29, 0.717) is 23.7 Å². The Morgan fingerprint density at radius 2 is 1.86 bits per heavy atom. The van der Waals surface area contributed by atoms with Gasteiger partial charge in [0.25, 0.3) is 0 Å². The molecule has 22 heavy (non-hydrogen) atoms. The summed E-state index contributed by atoms with van der Waals surface area (Å²) < 4.78 is 28.3. The molecule has 0 bridgehead atoms. The molecule has 0 saturated heterocycles. The predicted octanol–water partition coefficient (Wildman–Crippen LogP) is 2.45. The van der Waals surface area contributed by atoms with Crippen molar-refractivity contribution in [3.8, 4) is 0 Å². The lowest BCUT2D eigenvalue weighted by atomic mass is 9.95. The topological polar surface area (TPSA) is 85.1 Å². The van der Waals surface area contributed by atoms with Gasteiger partial charge in [-0.2, -0.15) is 0 Å². The molecule has 5 nitrogen and oxygen atoms in total. The van der Waals surface area contributed by atoms with Crippen LogP contribution in [0.3, 0.4) is 0 Å². The van der Waals surface area contributed by atoms with Crippen molar-refractivity contribution in [2.24, 2.45) is 5.73 Å². The van der Waals surface area contributed by atoms with Crippen molar-refractivity contribution in [2.45, 2.75) is 37.1 Å². The van der Waals surface area contributed by atoms with E-state index < -0.39 is 15.6 Å². The predicted molar refractivity (Wildman–Crippen MR) is 91.7 cm³/mol. The van der Waals surface area contributed by atoms with Crippen LogP contribution in [-0.2, 0) is 10.0 Å². The second kappa shape index (κ2) is 7.37. The molecule has 1 heterocycles. The molecule has 7 heteroatoms. The lowest BCUT2D eigenvalue weighted by Crippen LogP contribution is -2.52. The Balaban J connectivity index is 0.00000242. The lowest BCUT2D eigenvalue weighted by Gasteiger charge is -2.31. The Morgan fingerprint density at radius 1 is 1.18 bits per heavy atom. The van der Waals surface area contributed by atoms with Crippen LogP contribution in [0.15, 0.2) is 41.4 Å². The molecule has 0 saturated carbocycles. The van der Waals surface area contributed by atoms with Crippen LogP contribution in [0, 0.1) is 0 Å². The summed E-state index contributed by atoms with van der Waals surface area (Å²) in [7, 11) is -3.65. The van der Waals surface area contributed by atoms with Crippen molar-refractivity contribution < 1.29 is 8.42 Å². The third-order valence-electron chi connectivity index (χ3n) is 3.99. The van der Waals surface area contributed by atoms with E-state index in [1.165, 1.54) is 0 Å². The van der Waals surface area contributed by atoms with E-state index in [1.807, 2.05) is 13.8 Å². The number of halogens is 1. The van der Waals surface area contributed by atoms with Gasteiger partial charge in [0, 0.05) is 23.7 Å². The molecular formula is C15H22ClN3O2S. The molecule has 1 aromatic carbocycles. The van der Waals surface area contributed by atoms with Crippen LogP contribution >= 0.6 is 12.4 Å². The molecule has 0 fully saturated rings. The Labute approximate surface area is 137 Å². The molecule has 3 N–H and O–H groups in total. The maximum absolute atomic E-state index is 12.7. The number of benzene rings is 1. The highest BCUT2D eigenvalue weighted by Crippen LogP contribution is 2.24. The van der Waals surface area contributed by atoms with Gasteiger partial charge in [-0.05, 0) is 37.1 Å². The summed E-state index contributed by atoms with van der Waals surface area (Å²) >= 11 is 0. The molecule has 2 rings (SSSR count). The molecule has 0 radical (unpaired) electrons. The zero-order chi connectivity index (χ0) is 15.5. The molecular weight excluding hydrogens is 322 g/mol. The fourth-order valence-corrected chi connectivity index (χ4v) is 4.15. The number of nitrogens with zero attached hydrogens (tertiary/aromatic N) is 1. The highest BCUT2D eigenvalue weighted by Gasteiger charge is 2.31. The summed E-state index contributed by atoms with van der Waals surface area (Å²) in [6.07, 6.45) is 2.93. The molecule has 1 aromatic heterocycles. The van der Waals surface area contributed by atoms with Gasteiger partial charge in [-0.25, -0.2) is 13.1 Å². The number of hydrogen-bond acceptors (Lipinski definition) is 4. The minimum absolute atomic E-state index is 0. The van der Waals surface area contributed by atoms with Gasteiger partial charge in [-0.1, -0.05) is 19.9 Å². The number of nitrogens with one attached hydrogen (secondary N) is 1.